The molecule has 1 unspecified atom stereocenters. The third-order valence-electron chi connectivity index (χ3n) is 2.61. The average molecular weight is 266 g/mol. The standard InChI is InChI=1S/C12H18N4O3/c1-5-16(3)11(17)8(2)14-10-7-13-6-9(15-10)12(18)19-4/h6-8H,5H2,1-4H3,(H,14,15). The smallest absolute Gasteiger partial charge is 0.358 e. The van der Waals surface area contributed by atoms with Gasteiger partial charge in [0.25, 0.3) is 0 Å². The Labute approximate surface area is 112 Å². The number of ether oxygens (including phenoxy) is 1. The van der Waals surface area contributed by atoms with Crippen LogP contribution in [0.4, 0.5) is 5.82 Å². The number of nitrogens with zero attached hydrogens (tertiary/aromatic N) is 3. The molecule has 0 radical (unpaired) electrons. The zero-order valence-corrected chi connectivity index (χ0v) is 11.5. The highest BCUT2D eigenvalue weighted by Crippen LogP contribution is 2.06. The van der Waals surface area contributed by atoms with Crippen molar-refractivity contribution >= 4 is 17.7 Å². The highest BCUT2D eigenvalue weighted by Gasteiger charge is 2.17. The average Bonchev–Trinajstić information content (AvgIpc) is 2.44. The first-order valence-electron chi connectivity index (χ1n) is 5.91. The molecule has 1 aromatic heterocycles. The molecular weight excluding hydrogens is 248 g/mol. The minimum absolute atomic E-state index is 0.0622. The third-order valence-corrected chi connectivity index (χ3v) is 2.61. The van der Waals surface area contributed by atoms with Crippen molar-refractivity contribution in [3.05, 3.63) is 18.1 Å². The van der Waals surface area contributed by atoms with E-state index in [1.54, 1.807) is 18.9 Å². The van der Waals surface area contributed by atoms with Gasteiger partial charge >= 0.3 is 5.97 Å². The number of esters is 1. The van der Waals surface area contributed by atoms with Gasteiger partial charge in [-0.15, -0.1) is 0 Å². The number of rotatable bonds is 5. The quantitative estimate of drug-likeness (QED) is 0.783. The molecule has 1 aromatic rings. The van der Waals surface area contributed by atoms with E-state index in [0.717, 1.165) is 0 Å². The van der Waals surface area contributed by atoms with Crippen LogP contribution in [0.1, 0.15) is 24.3 Å². The molecule has 1 heterocycles. The number of hydrogen-bond donors (Lipinski definition) is 1. The molecule has 19 heavy (non-hydrogen) atoms. The maximum absolute atomic E-state index is 11.9. The first-order chi connectivity index (χ1) is 8.99. The molecule has 0 saturated heterocycles. The van der Waals surface area contributed by atoms with E-state index < -0.39 is 12.0 Å². The van der Waals surface area contributed by atoms with E-state index in [4.69, 9.17) is 0 Å². The largest absolute Gasteiger partial charge is 0.464 e. The van der Waals surface area contributed by atoms with E-state index in [0.29, 0.717) is 12.4 Å². The molecule has 7 heteroatoms. The van der Waals surface area contributed by atoms with Crippen LogP contribution < -0.4 is 5.32 Å². The fraction of sp³-hybridized carbons (Fsp3) is 0.500. The second-order valence-electron chi connectivity index (χ2n) is 4.00. The summed E-state index contributed by atoms with van der Waals surface area (Å²) >= 11 is 0. The molecule has 0 saturated carbocycles. The van der Waals surface area contributed by atoms with Gasteiger partial charge in [-0.25, -0.2) is 9.78 Å². The van der Waals surface area contributed by atoms with Gasteiger partial charge in [0.05, 0.1) is 19.5 Å². The Hall–Kier alpha value is -2.18. The van der Waals surface area contributed by atoms with Gasteiger partial charge in [0.1, 0.15) is 11.9 Å². The number of carbonyl (C=O) groups is 2. The van der Waals surface area contributed by atoms with Crippen LogP contribution in [0, 0.1) is 0 Å². The van der Waals surface area contributed by atoms with Crippen LogP contribution in [0.5, 0.6) is 0 Å². The summed E-state index contributed by atoms with van der Waals surface area (Å²) in [5.41, 5.74) is 0.0935. The lowest BCUT2D eigenvalue weighted by Gasteiger charge is -2.20. The normalized spacial score (nSPS) is 11.6. The van der Waals surface area contributed by atoms with E-state index >= 15 is 0 Å². The molecule has 0 aliphatic carbocycles. The molecule has 0 aromatic carbocycles. The maximum Gasteiger partial charge on any atom is 0.358 e. The number of methoxy groups -OCH3 is 1. The molecular formula is C12H18N4O3. The maximum atomic E-state index is 11.9. The summed E-state index contributed by atoms with van der Waals surface area (Å²) in [6.45, 7) is 4.24. The van der Waals surface area contributed by atoms with Gasteiger partial charge in [-0.2, -0.15) is 0 Å². The van der Waals surface area contributed by atoms with Gasteiger partial charge in [-0.1, -0.05) is 0 Å². The highest BCUT2D eigenvalue weighted by atomic mass is 16.5. The molecule has 1 atom stereocenters. The summed E-state index contributed by atoms with van der Waals surface area (Å²) in [5.74, 6) is -0.276. The lowest BCUT2D eigenvalue weighted by atomic mass is 10.3. The molecule has 0 aliphatic rings. The summed E-state index contributed by atoms with van der Waals surface area (Å²) in [4.78, 5) is 32.7. The predicted molar refractivity (Wildman–Crippen MR) is 69.8 cm³/mol. The summed E-state index contributed by atoms with van der Waals surface area (Å²) in [6.07, 6.45) is 2.75. The van der Waals surface area contributed by atoms with Crippen LogP contribution >= 0.6 is 0 Å². The fourth-order valence-electron chi connectivity index (χ4n) is 1.41. The van der Waals surface area contributed by atoms with Crippen LogP contribution in [-0.4, -0.2) is 53.5 Å². The molecule has 1 rings (SSSR count). The van der Waals surface area contributed by atoms with E-state index in [1.165, 1.54) is 19.5 Å². The van der Waals surface area contributed by atoms with Gasteiger partial charge < -0.3 is 15.0 Å². The van der Waals surface area contributed by atoms with E-state index in [9.17, 15) is 9.59 Å². The van der Waals surface area contributed by atoms with Crippen LogP contribution in [-0.2, 0) is 9.53 Å². The number of anilines is 1. The summed E-state index contributed by atoms with van der Waals surface area (Å²) in [6, 6.07) is -0.452. The SMILES string of the molecule is CCN(C)C(=O)C(C)Nc1cncc(C(=O)OC)n1. The number of amides is 1. The molecule has 0 spiro atoms. The van der Waals surface area contributed by atoms with Crippen molar-refractivity contribution in [2.45, 2.75) is 19.9 Å². The molecule has 0 aliphatic heterocycles. The zero-order chi connectivity index (χ0) is 14.4. The van der Waals surface area contributed by atoms with Crippen LogP contribution in [0.3, 0.4) is 0 Å². The molecule has 104 valence electrons. The Kier molecular flexibility index (Phi) is 5.23. The lowest BCUT2D eigenvalue weighted by Crippen LogP contribution is -2.39. The van der Waals surface area contributed by atoms with Crippen molar-refractivity contribution in [3.8, 4) is 0 Å². The summed E-state index contributed by atoms with van der Waals surface area (Å²) < 4.78 is 4.55. The molecule has 0 bridgehead atoms. The number of likely N-dealkylation sites (N-methyl/N-ethyl adjacent to an activating group) is 1. The molecule has 1 N–H and O–H groups in total. The first-order valence-corrected chi connectivity index (χ1v) is 5.91. The summed E-state index contributed by atoms with van der Waals surface area (Å²) in [7, 11) is 2.99. The van der Waals surface area contributed by atoms with Crippen molar-refractivity contribution in [2.24, 2.45) is 0 Å². The minimum Gasteiger partial charge on any atom is -0.464 e. The van der Waals surface area contributed by atoms with Crippen LogP contribution in [0.2, 0.25) is 0 Å². The van der Waals surface area contributed by atoms with Gasteiger partial charge in [0.2, 0.25) is 5.91 Å². The third kappa shape index (κ3) is 3.90. The molecule has 0 fully saturated rings. The number of nitrogens with one attached hydrogen (secondary N) is 1. The van der Waals surface area contributed by atoms with Crippen molar-refractivity contribution in [1.29, 1.82) is 0 Å². The van der Waals surface area contributed by atoms with Crippen molar-refractivity contribution in [2.75, 3.05) is 26.0 Å². The Balaban J connectivity index is 2.77. The number of hydrogen-bond acceptors (Lipinski definition) is 6. The van der Waals surface area contributed by atoms with E-state index in [1.807, 2.05) is 6.92 Å². The highest BCUT2D eigenvalue weighted by molar-refractivity contribution is 5.87. The van der Waals surface area contributed by atoms with Crippen molar-refractivity contribution in [3.63, 3.8) is 0 Å². The van der Waals surface area contributed by atoms with Gasteiger partial charge in [0, 0.05) is 13.6 Å². The van der Waals surface area contributed by atoms with E-state index in [2.05, 4.69) is 20.0 Å². The molecule has 1 amide bonds. The van der Waals surface area contributed by atoms with Crippen molar-refractivity contribution in [1.82, 2.24) is 14.9 Å². The van der Waals surface area contributed by atoms with Gasteiger partial charge in [-0.3, -0.25) is 9.78 Å². The topological polar surface area (TPSA) is 84.4 Å². The second kappa shape index (κ2) is 6.67. The number of carbonyl (C=O) groups excluding carboxylic acids is 2. The fourth-order valence-corrected chi connectivity index (χ4v) is 1.41. The number of aromatic nitrogens is 2. The Morgan fingerprint density at radius 3 is 2.74 bits per heavy atom. The second-order valence-corrected chi connectivity index (χ2v) is 4.00. The predicted octanol–water partition coefficient (Wildman–Crippen LogP) is 0.542. The Morgan fingerprint density at radius 1 is 1.47 bits per heavy atom. The molecule has 7 nitrogen and oxygen atoms in total. The Bertz CT molecular complexity index is 464. The van der Waals surface area contributed by atoms with Gasteiger partial charge in [-0.05, 0) is 13.8 Å². The minimum atomic E-state index is -0.569. The van der Waals surface area contributed by atoms with Crippen LogP contribution in [0.15, 0.2) is 12.4 Å². The van der Waals surface area contributed by atoms with E-state index in [-0.39, 0.29) is 11.6 Å². The van der Waals surface area contributed by atoms with Crippen LogP contribution in [0.25, 0.3) is 0 Å². The monoisotopic (exact) mass is 266 g/mol. The summed E-state index contributed by atoms with van der Waals surface area (Å²) in [5, 5.41) is 2.90. The Morgan fingerprint density at radius 2 is 2.16 bits per heavy atom. The zero-order valence-electron chi connectivity index (χ0n) is 11.5. The van der Waals surface area contributed by atoms with Crippen molar-refractivity contribution < 1.29 is 14.3 Å². The first kappa shape index (κ1) is 14.9. The van der Waals surface area contributed by atoms with Gasteiger partial charge in [0.15, 0.2) is 5.69 Å². The lowest BCUT2D eigenvalue weighted by molar-refractivity contribution is -0.130.